The lowest BCUT2D eigenvalue weighted by Crippen LogP contribution is -2.13. The Morgan fingerprint density at radius 2 is 1.61 bits per heavy atom. The number of aliphatic carboxylic acids is 1. The lowest BCUT2D eigenvalue weighted by Gasteiger charge is -2.08. The van der Waals surface area contributed by atoms with Gasteiger partial charge in [-0.2, -0.15) is 25.3 Å². The second kappa shape index (κ2) is 7.33. The SMILES string of the molecule is O=C(O)CCC(=O)Nc1cc(CS)cc(CS)c1. The number of carboxylic acid groups (broad SMARTS) is 1. The molecule has 98 valence electrons. The number of anilines is 1. The highest BCUT2D eigenvalue weighted by Gasteiger charge is 2.07. The number of hydrogen-bond donors (Lipinski definition) is 4. The molecule has 4 nitrogen and oxygen atoms in total. The van der Waals surface area contributed by atoms with Crippen LogP contribution < -0.4 is 5.32 Å². The van der Waals surface area contributed by atoms with Crippen LogP contribution in [0.4, 0.5) is 5.69 Å². The number of nitrogens with one attached hydrogen (secondary N) is 1. The Kier molecular flexibility index (Phi) is 6.07. The van der Waals surface area contributed by atoms with Gasteiger partial charge in [-0.05, 0) is 23.3 Å². The van der Waals surface area contributed by atoms with Crippen LogP contribution in [0.2, 0.25) is 0 Å². The second-order valence-corrected chi connectivity index (χ2v) is 4.43. The van der Waals surface area contributed by atoms with Gasteiger partial charge in [0.1, 0.15) is 0 Å². The molecule has 0 radical (unpaired) electrons. The van der Waals surface area contributed by atoms with E-state index in [1.165, 1.54) is 0 Å². The average Bonchev–Trinajstić information content (AvgIpc) is 2.35. The molecular weight excluding hydrogens is 270 g/mol. The van der Waals surface area contributed by atoms with Crippen molar-refractivity contribution in [3.8, 4) is 0 Å². The summed E-state index contributed by atoms with van der Waals surface area (Å²) in [6.07, 6.45) is -0.200. The number of amides is 1. The van der Waals surface area contributed by atoms with Crippen LogP contribution in [0.25, 0.3) is 0 Å². The number of thiol groups is 2. The van der Waals surface area contributed by atoms with Gasteiger partial charge in [0.05, 0.1) is 6.42 Å². The van der Waals surface area contributed by atoms with E-state index in [9.17, 15) is 9.59 Å². The quantitative estimate of drug-likeness (QED) is 0.607. The minimum Gasteiger partial charge on any atom is -0.481 e. The smallest absolute Gasteiger partial charge is 0.303 e. The van der Waals surface area contributed by atoms with Crippen molar-refractivity contribution in [2.24, 2.45) is 0 Å². The standard InChI is InChI=1S/C12H15NO3S2/c14-11(1-2-12(15)16)13-10-4-8(6-17)3-9(5-10)7-18/h3-5,17-18H,1-2,6-7H2,(H,13,14)(H,15,16). The maximum absolute atomic E-state index is 11.5. The van der Waals surface area contributed by atoms with Crippen LogP contribution in [-0.4, -0.2) is 17.0 Å². The number of benzene rings is 1. The van der Waals surface area contributed by atoms with Crippen molar-refractivity contribution in [2.75, 3.05) is 5.32 Å². The molecule has 1 amide bonds. The molecule has 0 saturated heterocycles. The summed E-state index contributed by atoms with van der Waals surface area (Å²) in [5.74, 6) is -0.150. The zero-order chi connectivity index (χ0) is 13.5. The van der Waals surface area contributed by atoms with Gasteiger partial charge < -0.3 is 10.4 Å². The van der Waals surface area contributed by atoms with Crippen molar-refractivity contribution < 1.29 is 14.7 Å². The maximum atomic E-state index is 11.5. The fourth-order valence-corrected chi connectivity index (χ4v) is 1.83. The van der Waals surface area contributed by atoms with Gasteiger partial charge in [-0.25, -0.2) is 0 Å². The Hall–Kier alpha value is -1.14. The summed E-state index contributed by atoms with van der Waals surface area (Å²) in [6.45, 7) is 0. The molecule has 0 aliphatic heterocycles. The van der Waals surface area contributed by atoms with E-state index >= 15 is 0 Å². The van der Waals surface area contributed by atoms with E-state index in [4.69, 9.17) is 5.11 Å². The van der Waals surface area contributed by atoms with E-state index in [-0.39, 0.29) is 18.7 Å². The third kappa shape index (κ3) is 5.01. The Bertz CT molecular complexity index is 427. The van der Waals surface area contributed by atoms with Crippen molar-refractivity contribution in [3.63, 3.8) is 0 Å². The third-order valence-corrected chi connectivity index (χ3v) is 3.00. The molecule has 1 aromatic carbocycles. The van der Waals surface area contributed by atoms with Gasteiger partial charge in [0.15, 0.2) is 0 Å². The number of carbonyl (C=O) groups is 2. The number of carbonyl (C=O) groups excluding carboxylic acids is 1. The van der Waals surface area contributed by atoms with Crippen molar-refractivity contribution in [1.29, 1.82) is 0 Å². The fourth-order valence-electron chi connectivity index (χ4n) is 1.46. The highest BCUT2D eigenvalue weighted by atomic mass is 32.1. The van der Waals surface area contributed by atoms with Crippen LogP contribution in [0.1, 0.15) is 24.0 Å². The lowest BCUT2D eigenvalue weighted by molar-refractivity contribution is -0.138. The van der Waals surface area contributed by atoms with Crippen LogP contribution in [0, 0.1) is 0 Å². The summed E-state index contributed by atoms with van der Waals surface area (Å²) < 4.78 is 0. The molecule has 2 N–H and O–H groups in total. The summed E-state index contributed by atoms with van der Waals surface area (Å²) >= 11 is 8.37. The van der Waals surface area contributed by atoms with Crippen LogP contribution in [0.15, 0.2) is 18.2 Å². The number of rotatable bonds is 6. The predicted octanol–water partition coefficient (Wildman–Crippen LogP) is 2.35. The summed E-state index contributed by atoms with van der Waals surface area (Å²) in [5, 5.41) is 11.2. The largest absolute Gasteiger partial charge is 0.481 e. The van der Waals surface area contributed by atoms with Crippen molar-refractivity contribution in [3.05, 3.63) is 29.3 Å². The molecule has 0 unspecified atom stereocenters. The average molecular weight is 285 g/mol. The van der Waals surface area contributed by atoms with E-state index in [0.717, 1.165) is 11.1 Å². The van der Waals surface area contributed by atoms with Crippen molar-refractivity contribution >= 4 is 42.8 Å². The molecule has 0 heterocycles. The molecule has 6 heteroatoms. The van der Waals surface area contributed by atoms with Gasteiger partial charge >= 0.3 is 5.97 Å². The van der Waals surface area contributed by atoms with E-state index < -0.39 is 5.97 Å². The Morgan fingerprint density at radius 1 is 1.06 bits per heavy atom. The molecule has 0 aliphatic carbocycles. The molecule has 0 spiro atoms. The van der Waals surface area contributed by atoms with Gasteiger partial charge in [-0.3, -0.25) is 9.59 Å². The highest BCUT2D eigenvalue weighted by molar-refractivity contribution is 7.79. The molecular formula is C12H15NO3S2. The molecule has 0 atom stereocenters. The van der Waals surface area contributed by atoms with Gasteiger partial charge in [-0.15, -0.1) is 0 Å². The fraction of sp³-hybridized carbons (Fsp3) is 0.333. The maximum Gasteiger partial charge on any atom is 0.303 e. The lowest BCUT2D eigenvalue weighted by atomic mass is 10.1. The van der Waals surface area contributed by atoms with Crippen molar-refractivity contribution in [1.82, 2.24) is 0 Å². The Balaban J connectivity index is 2.71. The van der Waals surface area contributed by atoms with Crippen LogP contribution in [0.5, 0.6) is 0 Å². The summed E-state index contributed by atoms with van der Waals surface area (Å²) in [6, 6.07) is 5.60. The summed E-state index contributed by atoms with van der Waals surface area (Å²) in [5.41, 5.74) is 2.62. The highest BCUT2D eigenvalue weighted by Crippen LogP contribution is 2.18. The first-order valence-corrected chi connectivity index (χ1v) is 6.68. The molecule has 1 aromatic rings. The van der Waals surface area contributed by atoms with E-state index in [0.29, 0.717) is 17.2 Å². The van der Waals surface area contributed by atoms with Gasteiger partial charge in [-0.1, -0.05) is 6.07 Å². The molecule has 0 aromatic heterocycles. The van der Waals surface area contributed by atoms with Crippen LogP contribution >= 0.6 is 25.3 Å². The van der Waals surface area contributed by atoms with E-state index in [2.05, 4.69) is 30.6 Å². The first-order chi connectivity index (χ1) is 8.55. The number of carboxylic acids is 1. The first-order valence-electron chi connectivity index (χ1n) is 5.41. The molecule has 0 aliphatic rings. The van der Waals surface area contributed by atoms with E-state index in [1.54, 1.807) is 0 Å². The van der Waals surface area contributed by atoms with Crippen molar-refractivity contribution in [2.45, 2.75) is 24.3 Å². The normalized spacial score (nSPS) is 10.1. The summed E-state index contributed by atoms with van der Waals surface area (Å²) in [4.78, 5) is 21.9. The molecule has 0 saturated carbocycles. The van der Waals surface area contributed by atoms with Crippen LogP contribution in [0.3, 0.4) is 0 Å². The molecule has 0 fully saturated rings. The van der Waals surface area contributed by atoms with Gasteiger partial charge in [0.25, 0.3) is 0 Å². The predicted molar refractivity (Wildman–Crippen MR) is 77.3 cm³/mol. The Morgan fingerprint density at radius 3 is 2.06 bits per heavy atom. The second-order valence-electron chi connectivity index (χ2n) is 3.80. The Labute approximate surface area is 117 Å². The molecule has 0 bridgehead atoms. The zero-order valence-corrected chi connectivity index (χ0v) is 11.5. The van der Waals surface area contributed by atoms with E-state index in [1.807, 2.05) is 18.2 Å². The first kappa shape index (κ1) is 14.9. The van der Waals surface area contributed by atoms with Crippen LogP contribution in [-0.2, 0) is 21.1 Å². The number of hydrogen-bond acceptors (Lipinski definition) is 4. The zero-order valence-electron chi connectivity index (χ0n) is 9.72. The third-order valence-electron chi connectivity index (χ3n) is 2.27. The van der Waals surface area contributed by atoms with Gasteiger partial charge in [0.2, 0.25) is 5.91 Å². The monoisotopic (exact) mass is 285 g/mol. The molecule has 1 rings (SSSR count). The summed E-state index contributed by atoms with van der Waals surface area (Å²) in [7, 11) is 0. The molecule has 18 heavy (non-hydrogen) atoms. The van der Waals surface area contributed by atoms with Gasteiger partial charge in [0, 0.05) is 23.6 Å². The topological polar surface area (TPSA) is 66.4 Å². The minimum atomic E-state index is -0.981. The minimum absolute atomic E-state index is 0.0311.